The molecule has 3 saturated carbocycles. The molecule has 4 atom stereocenters. The van der Waals surface area contributed by atoms with E-state index >= 15 is 0 Å². The smallest absolute Gasteiger partial charge is 0.226 e. The molecule has 4 fully saturated rings. The van der Waals surface area contributed by atoms with E-state index < -0.39 is 0 Å². The summed E-state index contributed by atoms with van der Waals surface area (Å²) in [4.78, 5) is 14.7. The Labute approximate surface area is 104 Å². The second kappa shape index (κ2) is 3.49. The standard InChI is InChI=1S/C15H23NO/c1-9-4-6-16(7-5-9)15(17)14-12-10-2-3-11(8-10)13(12)14/h9-14H,2-8H2,1H3. The van der Waals surface area contributed by atoms with E-state index in [0.717, 1.165) is 42.7 Å². The van der Waals surface area contributed by atoms with Gasteiger partial charge in [0.05, 0.1) is 0 Å². The molecule has 2 nitrogen and oxygen atoms in total. The average Bonchev–Trinajstić information content (AvgIpc) is 2.77. The Hall–Kier alpha value is -0.530. The van der Waals surface area contributed by atoms with Gasteiger partial charge >= 0.3 is 0 Å². The van der Waals surface area contributed by atoms with Crippen LogP contribution in [0.5, 0.6) is 0 Å². The number of carbonyl (C=O) groups is 1. The average molecular weight is 233 g/mol. The Morgan fingerprint density at radius 3 is 2.18 bits per heavy atom. The molecule has 17 heavy (non-hydrogen) atoms. The van der Waals surface area contributed by atoms with Crippen molar-refractivity contribution in [3.63, 3.8) is 0 Å². The zero-order valence-electron chi connectivity index (χ0n) is 10.8. The summed E-state index contributed by atoms with van der Waals surface area (Å²) in [6.45, 7) is 4.38. The third-order valence-corrected chi connectivity index (χ3v) is 6.12. The highest BCUT2D eigenvalue weighted by atomic mass is 16.2. The van der Waals surface area contributed by atoms with Gasteiger partial charge in [-0.1, -0.05) is 6.92 Å². The van der Waals surface area contributed by atoms with Gasteiger partial charge in [-0.05, 0) is 61.7 Å². The molecule has 94 valence electrons. The molecule has 0 spiro atoms. The molecule has 2 bridgehead atoms. The lowest BCUT2D eigenvalue weighted by Gasteiger charge is -2.31. The monoisotopic (exact) mass is 233 g/mol. The van der Waals surface area contributed by atoms with Gasteiger partial charge in [-0.2, -0.15) is 0 Å². The van der Waals surface area contributed by atoms with Crippen LogP contribution in [0.25, 0.3) is 0 Å². The second-order valence-corrected chi connectivity index (χ2v) is 7.02. The first kappa shape index (κ1) is 10.4. The van der Waals surface area contributed by atoms with Crippen molar-refractivity contribution >= 4 is 5.91 Å². The Kier molecular flexibility index (Phi) is 2.13. The number of piperidine rings is 1. The molecular formula is C15H23NO. The number of fused-ring (bicyclic) bond motifs is 5. The molecule has 1 aliphatic heterocycles. The third-order valence-electron chi connectivity index (χ3n) is 6.12. The van der Waals surface area contributed by atoms with E-state index in [1.165, 1.54) is 32.1 Å². The lowest BCUT2D eigenvalue weighted by atomic mass is 9.97. The van der Waals surface area contributed by atoms with Gasteiger partial charge in [-0.15, -0.1) is 0 Å². The zero-order valence-corrected chi connectivity index (χ0v) is 10.8. The van der Waals surface area contributed by atoms with E-state index in [4.69, 9.17) is 0 Å². The molecule has 4 unspecified atom stereocenters. The lowest BCUT2D eigenvalue weighted by Crippen LogP contribution is -2.39. The van der Waals surface area contributed by atoms with E-state index in [9.17, 15) is 4.79 Å². The predicted molar refractivity (Wildman–Crippen MR) is 66.3 cm³/mol. The number of likely N-dealkylation sites (tertiary alicyclic amines) is 1. The first-order chi connectivity index (χ1) is 8.25. The van der Waals surface area contributed by atoms with Gasteiger partial charge in [0, 0.05) is 19.0 Å². The molecule has 4 aliphatic rings. The summed E-state index contributed by atoms with van der Waals surface area (Å²) in [5.74, 6) is 5.33. The molecule has 1 amide bonds. The highest BCUT2D eigenvalue weighted by Gasteiger charge is 2.67. The van der Waals surface area contributed by atoms with Gasteiger partial charge in [0.15, 0.2) is 0 Å². The van der Waals surface area contributed by atoms with Crippen LogP contribution in [0, 0.1) is 35.5 Å². The number of hydrogen-bond acceptors (Lipinski definition) is 1. The van der Waals surface area contributed by atoms with Crippen molar-refractivity contribution < 1.29 is 4.79 Å². The van der Waals surface area contributed by atoms with Crippen LogP contribution >= 0.6 is 0 Å². The number of amides is 1. The Morgan fingerprint density at radius 1 is 1.00 bits per heavy atom. The summed E-state index contributed by atoms with van der Waals surface area (Å²) in [5, 5.41) is 0. The molecule has 0 radical (unpaired) electrons. The van der Waals surface area contributed by atoms with Crippen LogP contribution < -0.4 is 0 Å². The normalized spacial score (nSPS) is 48.3. The van der Waals surface area contributed by atoms with Crippen molar-refractivity contribution in [2.24, 2.45) is 35.5 Å². The molecule has 2 heteroatoms. The van der Waals surface area contributed by atoms with Crippen molar-refractivity contribution in [2.45, 2.75) is 39.0 Å². The van der Waals surface area contributed by atoms with Crippen LogP contribution in [0.4, 0.5) is 0 Å². The van der Waals surface area contributed by atoms with Gasteiger partial charge in [-0.3, -0.25) is 4.79 Å². The molecule has 0 aromatic carbocycles. The van der Waals surface area contributed by atoms with Crippen molar-refractivity contribution in [2.75, 3.05) is 13.1 Å². The van der Waals surface area contributed by atoms with Crippen LogP contribution in [-0.2, 0) is 4.79 Å². The van der Waals surface area contributed by atoms with E-state index in [1.807, 2.05) is 0 Å². The SMILES string of the molecule is CC1CCN(C(=O)C2C3C4CCC(C4)C23)CC1. The molecule has 3 aliphatic carbocycles. The Morgan fingerprint density at radius 2 is 1.59 bits per heavy atom. The largest absolute Gasteiger partial charge is 0.342 e. The Balaban J connectivity index is 1.42. The maximum Gasteiger partial charge on any atom is 0.226 e. The van der Waals surface area contributed by atoms with Crippen LogP contribution in [0.2, 0.25) is 0 Å². The maximum atomic E-state index is 12.5. The van der Waals surface area contributed by atoms with Crippen LogP contribution in [-0.4, -0.2) is 23.9 Å². The van der Waals surface area contributed by atoms with Crippen LogP contribution in [0.15, 0.2) is 0 Å². The number of rotatable bonds is 1. The highest BCUT2D eigenvalue weighted by Crippen LogP contribution is 2.69. The summed E-state index contributed by atoms with van der Waals surface area (Å²) >= 11 is 0. The van der Waals surface area contributed by atoms with Gasteiger partial charge in [0.1, 0.15) is 0 Å². The minimum absolute atomic E-state index is 0.467. The highest BCUT2D eigenvalue weighted by molar-refractivity contribution is 5.83. The van der Waals surface area contributed by atoms with Crippen molar-refractivity contribution in [3.05, 3.63) is 0 Å². The summed E-state index contributed by atoms with van der Waals surface area (Å²) in [5.41, 5.74) is 0. The van der Waals surface area contributed by atoms with E-state index in [1.54, 1.807) is 0 Å². The van der Waals surface area contributed by atoms with E-state index in [2.05, 4.69) is 11.8 Å². The Bertz CT molecular complexity index is 329. The molecule has 1 heterocycles. The first-order valence-corrected chi connectivity index (χ1v) is 7.54. The van der Waals surface area contributed by atoms with Crippen molar-refractivity contribution in [1.82, 2.24) is 4.90 Å². The van der Waals surface area contributed by atoms with Crippen molar-refractivity contribution in [3.8, 4) is 0 Å². The summed E-state index contributed by atoms with van der Waals surface area (Å²) < 4.78 is 0. The van der Waals surface area contributed by atoms with Gasteiger partial charge in [-0.25, -0.2) is 0 Å². The number of carbonyl (C=O) groups excluding carboxylic acids is 1. The molecule has 1 saturated heterocycles. The van der Waals surface area contributed by atoms with Crippen molar-refractivity contribution in [1.29, 1.82) is 0 Å². The predicted octanol–water partition coefficient (Wildman–Crippen LogP) is 2.54. The number of hydrogen-bond donors (Lipinski definition) is 0. The molecule has 4 rings (SSSR count). The first-order valence-electron chi connectivity index (χ1n) is 7.54. The quantitative estimate of drug-likeness (QED) is 0.681. The summed E-state index contributed by atoms with van der Waals surface area (Å²) in [6, 6.07) is 0. The third kappa shape index (κ3) is 1.42. The van der Waals surface area contributed by atoms with E-state index in [-0.39, 0.29) is 0 Å². The fourth-order valence-corrected chi connectivity index (χ4v) is 5.10. The van der Waals surface area contributed by atoms with Crippen LogP contribution in [0.3, 0.4) is 0 Å². The summed E-state index contributed by atoms with van der Waals surface area (Å²) in [7, 11) is 0. The second-order valence-electron chi connectivity index (χ2n) is 7.02. The molecule has 0 aromatic heterocycles. The van der Waals surface area contributed by atoms with Gasteiger partial charge in [0.2, 0.25) is 5.91 Å². The molecular weight excluding hydrogens is 210 g/mol. The maximum absolute atomic E-state index is 12.5. The lowest BCUT2D eigenvalue weighted by molar-refractivity contribution is -0.135. The topological polar surface area (TPSA) is 20.3 Å². The number of nitrogens with zero attached hydrogens (tertiary/aromatic N) is 1. The fraction of sp³-hybridized carbons (Fsp3) is 0.933. The van der Waals surface area contributed by atoms with Gasteiger partial charge < -0.3 is 4.90 Å². The zero-order chi connectivity index (χ0) is 11.6. The van der Waals surface area contributed by atoms with Gasteiger partial charge in [0.25, 0.3) is 0 Å². The van der Waals surface area contributed by atoms with Crippen LogP contribution in [0.1, 0.15) is 39.0 Å². The summed E-state index contributed by atoms with van der Waals surface area (Å²) in [6.07, 6.45) is 6.75. The minimum Gasteiger partial charge on any atom is -0.342 e. The molecule has 0 N–H and O–H groups in total. The van der Waals surface area contributed by atoms with E-state index in [0.29, 0.717) is 11.8 Å². The molecule has 0 aromatic rings. The fourth-order valence-electron chi connectivity index (χ4n) is 5.10. The minimum atomic E-state index is 0.467.